The van der Waals surface area contributed by atoms with Crippen molar-refractivity contribution in [3.63, 3.8) is 0 Å². The molecular formula is C6H13NO7. The lowest BCUT2D eigenvalue weighted by Gasteiger charge is -2.19. The third-order valence-corrected chi connectivity index (χ3v) is 1.54. The first-order valence-corrected chi connectivity index (χ1v) is 3.68. The Morgan fingerprint density at radius 1 is 1.21 bits per heavy atom. The van der Waals surface area contributed by atoms with Crippen LogP contribution in [0.1, 0.15) is 0 Å². The van der Waals surface area contributed by atoms with Crippen LogP contribution in [-0.2, 0) is 9.63 Å². The Morgan fingerprint density at radius 3 is 2.07 bits per heavy atom. The van der Waals surface area contributed by atoms with E-state index < -0.39 is 37.0 Å². The van der Waals surface area contributed by atoms with Gasteiger partial charge in [-0.2, -0.15) is 0 Å². The molecule has 0 aliphatic heterocycles. The van der Waals surface area contributed by atoms with Crippen molar-refractivity contribution >= 4 is 5.78 Å². The molecule has 0 amide bonds. The van der Waals surface area contributed by atoms with Crippen LogP contribution in [0.2, 0.25) is 0 Å². The molecule has 0 aromatic rings. The Labute approximate surface area is 79.1 Å². The smallest absolute Gasteiger partial charge is 0.207 e. The lowest BCUT2D eigenvalue weighted by molar-refractivity contribution is -0.183. The summed E-state index contributed by atoms with van der Waals surface area (Å²) in [6, 6.07) is 0. The molecule has 0 rings (SSSR count). The number of hydrogen-bond acceptors (Lipinski definition) is 8. The molecule has 7 N–H and O–H groups in total. The van der Waals surface area contributed by atoms with Gasteiger partial charge < -0.3 is 25.5 Å². The molecule has 8 heteroatoms. The van der Waals surface area contributed by atoms with E-state index in [2.05, 4.69) is 10.7 Å². The Kier molecular flexibility index (Phi) is 5.72. The van der Waals surface area contributed by atoms with Gasteiger partial charge in [-0.05, 0) is 0 Å². The summed E-state index contributed by atoms with van der Waals surface area (Å²) in [7, 11) is 0. The van der Waals surface area contributed by atoms with Crippen molar-refractivity contribution in [2.24, 2.45) is 5.90 Å². The number of aliphatic hydroxyl groups excluding tert-OH is 5. The lowest BCUT2D eigenvalue weighted by atomic mass is 10.1. The molecule has 8 nitrogen and oxygen atoms in total. The fourth-order valence-corrected chi connectivity index (χ4v) is 0.679. The van der Waals surface area contributed by atoms with Crippen LogP contribution in [-0.4, -0.2) is 62.5 Å². The van der Waals surface area contributed by atoms with Gasteiger partial charge in [0.1, 0.15) is 12.2 Å². The van der Waals surface area contributed by atoms with Gasteiger partial charge in [0.15, 0.2) is 11.9 Å². The van der Waals surface area contributed by atoms with Gasteiger partial charge in [0.2, 0.25) is 6.29 Å². The van der Waals surface area contributed by atoms with E-state index in [1.807, 2.05) is 0 Å². The summed E-state index contributed by atoms with van der Waals surface area (Å²) in [5.74, 6) is 3.16. The molecule has 0 aliphatic carbocycles. The van der Waals surface area contributed by atoms with E-state index in [4.69, 9.17) is 25.5 Å². The standard InChI is InChI=1S/C6H13NO7/c7-14-6(13)5(12)4(11)3(10)2(9)1-8/h2-3,5-6,8-10,12-13H,1,7H2. The van der Waals surface area contributed by atoms with Gasteiger partial charge in [0, 0.05) is 0 Å². The second-order valence-corrected chi connectivity index (χ2v) is 2.57. The molecule has 0 fully saturated rings. The minimum atomic E-state index is -2.09. The van der Waals surface area contributed by atoms with Crippen molar-refractivity contribution in [1.29, 1.82) is 0 Å². The minimum absolute atomic E-state index is 0.862. The maximum absolute atomic E-state index is 11.0. The summed E-state index contributed by atoms with van der Waals surface area (Å²) in [4.78, 5) is 14.7. The first kappa shape index (κ1) is 13.4. The number of nitrogens with two attached hydrogens (primary N) is 1. The number of ketones is 1. The van der Waals surface area contributed by atoms with E-state index in [-0.39, 0.29) is 0 Å². The molecule has 84 valence electrons. The molecule has 0 spiro atoms. The summed E-state index contributed by atoms with van der Waals surface area (Å²) < 4.78 is 0. The highest BCUT2D eigenvalue weighted by Crippen LogP contribution is 2.02. The molecule has 14 heavy (non-hydrogen) atoms. The highest BCUT2D eigenvalue weighted by Gasteiger charge is 2.33. The summed E-state index contributed by atoms with van der Waals surface area (Å²) >= 11 is 0. The summed E-state index contributed by atoms with van der Waals surface area (Å²) in [5.41, 5.74) is 0. The Bertz CT molecular complexity index is 169. The Morgan fingerprint density at radius 2 is 1.71 bits per heavy atom. The van der Waals surface area contributed by atoms with Crippen molar-refractivity contribution in [2.45, 2.75) is 24.6 Å². The zero-order chi connectivity index (χ0) is 11.3. The van der Waals surface area contributed by atoms with Crippen LogP contribution in [0, 0.1) is 0 Å². The Hall–Kier alpha value is -0.610. The average molecular weight is 211 g/mol. The average Bonchev–Trinajstić information content (AvgIpc) is 2.23. The fourth-order valence-electron chi connectivity index (χ4n) is 0.679. The molecule has 0 radical (unpaired) electrons. The van der Waals surface area contributed by atoms with Gasteiger partial charge >= 0.3 is 0 Å². The highest BCUT2D eigenvalue weighted by molar-refractivity contribution is 5.87. The van der Waals surface area contributed by atoms with E-state index >= 15 is 0 Å². The van der Waals surface area contributed by atoms with E-state index in [1.54, 1.807) is 0 Å². The molecule has 0 saturated carbocycles. The normalized spacial score (nSPS) is 19.9. The van der Waals surface area contributed by atoms with Crippen LogP contribution in [0.25, 0.3) is 0 Å². The molecule has 0 bridgehead atoms. The highest BCUT2D eigenvalue weighted by atomic mass is 16.7. The molecule has 0 saturated heterocycles. The SMILES string of the molecule is NOC(O)C(O)C(=O)C(O)C(O)CO. The largest absolute Gasteiger partial charge is 0.394 e. The van der Waals surface area contributed by atoms with Crippen LogP contribution < -0.4 is 5.90 Å². The number of hydrogen-bond donors (Lipinski definition) is 6. The van der Waals surface area contributed by atoms with Crippen molar-refractivity contribution in [3.8, 4) is 0 Å². The topological polar surface area (TPSA) is 153 Å². The van der Waals surface area contributed by atoms with Gasteiger partial charge in [-0.15, -0.1) is 0 Å². The summed E-state index contributed by atoms with van der Waals surface area (Å²) in [6.45, 7) is -0.862. The first-order valence-electron chi connectivity index (χ1n) is 3.68. The maximum atomic E-state index is 11.0. The predicted molar refractivity (Wildman–Crippen MR) is 41.4 cm³/mol. The molecule has 0 aliphatic rings. The van der Waals surface area contributed by atoms with Crippen LogP contribution in [0.5, 0.6) is 0 Å². The van der Waals surface area contributed by atoms with Crippen LogP contribution >= 0.6 is 0 Å². The van der Waals surface area contributed by atoms with E-state index in [0.29, 0.717) is 0 Å². The zero-order valence-electron chi connectivity index (χ0n) is 7.15. The Balaban J connectivity index is 4.31. The maximum Gasteiger partial charge on any atom is 0.207 e. The van der Waals surface area contributed by atoms with Crippen LogP contribution in [0.4, 0.5) is 0 Å². The van der Waals surface area contributed by atoms with Gasteiger partial charge in [0.05, 0.1) is 6.61 Å². The second kappa shape index (κ2) is 5.98. The van der Waals surface area contributed by atoms with Crippen molar-refractivity contribution in [2.75, 3.05) is 6.61 Å². The molecule has 0 aromatic heterocycles. The van der Waals surface area contributed by atoms with Gasteiger partial charge in [-0.1, -0.05) is 0 Å². The van der Waals surface area contributed by atoms with Crippen molar-refractivity contribution in [3.05, 3.63) is 0 Å². The number of carbonyl (C=O) groups is 1. The second-order valence-electron chi connectivity index (χ2n) is 2.57. The minimum Gasteiger partial charge on any atom is -0.394 e. The third-order valence-electron chi connectivity index (χ3n) is 1.54. The van der Waals surface area contributed by atoms with E-state index in [9.17, 15) is 4.79 Å². The predicted octanol–water partition coefficient (Wildman–Crippen LogP) is -4.16. The van der Waals surface area contributed by atoms with Gasteiger partial charge in [-0.25, -0.2) is 5.90 Å². The number of rotatable bonds is 6. The van der Waals surface area contributed by atoms with Crippen LogP contribution in [0.15, 0.2) is 0 Å². The molecular weight excluding hydrogens is 198 g/mol. The fraction of sp³-hybridized carbons (Fsp3) is 0.833. The number of aliphatic hydroxyl groups is 5. The van der Waals surface area contributed by atoms with Crippen molar-refractivity contribution in [1.82, 2.24) is 0 Å². The van der Waals surface area contributed by atoms with Gasteiger partial charge in [0.25, 0.3) is 0 Å². The van der Waals surface area contributed by atoms with E-state index in [0.717, 1.165) is 0 Å². The molecule has 0 aromatic carbocycles. The summed E-state index contributed by atoms with van der Waals surface area (Å²) in [5, 5.41) is 43.8. The molecule has 4 unspecified atom stereocenters. The molecule has 0 heterocycles. The van der Waals surface area contributed by atoms with Gasteiger partial charge in [-0.3, -0.25) is 9.63 Å². The first-order chi connectivity index (χ1) is 6.45. The van der Waals surface area contributed by atoms with Crippen molar-refractivity contribution < 1.29 is 35.2 Å². The quantitative estimate of drug-likeness (QED) is 0.191. The monoisotopic (exact) mass is 211 g/mol. The number of Topliss-reactive ketones (excluding diaryl/α,β-unsaturated/α-hetero) is 1. The lowest BCUT2D eigenvalue weighted by Crippen LogP contribution is -2.47. The summed E-state index contributed by atoms with van der Waals surface area (Å²) in [6.07, 6.45) is -7.83. The van der Waals surface area contributed by atoms with Crippen LogP contribution in [0.3, 0.4) is 0 Å². The zero-order valence-corrected chi connectivity index (χ0v) is 7.15. The number of carbonyl (C=O) groups excluding carboxylic acids is 1. The van der Waals surface area contributed by atoms with E-state index in [1.165, 1.54) is 0 Å². The molecule has 4 atom stereocenters. The third kappa shape index (κ3) is 3.27.